The van der Waals surface area contributed by atoms with Crippen LogP contribution in [0.25, 0.3) is 0 Å². The SMILES string of the molecule is CCc1cc(=O)n(CCNC(=O)c2ccc(Oc3ccccc3)cc2)cn1. The van der Waals surface area contributed by atoms with E-state index in [1.807, 2.05) is 37.3 Å². The van der Waals surface area contributed by atoms with Crippen molar-refractivity contribution in [1.29, 1.82) is 0 Å². The highest BCUT2D eigenvalue weighted by Gasteiger charge is 2.06. The van der Waals surface area contributed by atoms with E-state index < -0.39 is 0 Å². The Balaban J connectivity index is 1.53. The molecular weight excluding hydrogens is 342 g/mol. The van der Waals surface area contributed by atoms with Crippen LogP contribution in [-0.2, 0) is 13.0 Å². The zero-order valence-corrected chi connectivity index (χ0v) is 15.1. The van der Waals surface area contributed by atoms with Crippen LogP contribution < -0.4 is 15.6 Å². The summed E-state index contributed by atoms with van der Waals surface area (Å²) in [6.45, 7) is 2.66. The average molecular weight is 363 g/mol. The first-order chi connectivity index (χ1) is 13.2. The Labute approximate surface area is 157 Å². The molecule has 0 saturated heterocycles. The van der Waals surface area contributed by atoms with Gasteiger partial charge in [0, 0.05) is 30.4 Å². The number of hydrogen-bond donors (Lipinski definition) is 1. The molecule has 0 aliphatic rings. The summed E-state index contributed by atoms with van der Waals surface area (Å²) in [7, 11) is 0. The minimum absolute atomic E-state index is 0.112. The Morgan fingerprint density at radius 3 is 2.44 bits per heavy atom. The van der Waals surface area contributed by atoms with Crippen LogP contribution in [0.4, 0.5) is 0 Å². The monoisotopic (exact) mass is 363 g/mol. The summed E-state index contributed by atoms with van der Waals surface area (Å²) < 4.78 is 7.19. The van der Waals surface area contributed by atoms with Gasteiger partial charge in [-0.25, -0.2) is 4.98 Å². The molecule has 2 aromatic carbocycles. The minimum atomic E-state index is -0.201. The fraction of sp³-hybridized carbons (Fsp3) is 0.190. The van der Waals surface area contributed by atoms with Gasteiger partial charge >= 0.3 is 0 Å². The van der Waals surface area contributed by atoms with Crippen molar-refractivity contribution in [3.63, 3.8) is 0 Å². The summed E-state index contributed by atoms with van der Waals surface area (Å²) in [5, 5.41) is 2.81. The Morgan fingerprint density at radius 2 is 1.78 bits per heavy atom. The lowest BCUT2D eigenvalue weighted by Crippen LogP contribution is -2.31. The Morgan fingerprint density at radius 1 is 1.07 bits per heavy atom. The van der Waals surface area contributed by atoms with E-state index in [2.05, 4.69) is 10.3 Å². The third-order valence-electron chi connectivity index (χ3n) is 4.03. The normalized spacial score (nSPS) is 10.4. The van der Waals surface area contributed by atoms with Gasteiger partial charge in [-0.2, -0.15) is 0 Å². The van der Waals surface area contributed by atoms with Crippen LogP contribution in [0.2, 0.25) is 0 Å². The van der Waals surface area contributed by atoms with Crippen molar-refractivity contribution in [1.82, 2.24) is 14.9 Å². The first-order valence-corrected chi connectivity index (χ1v) is 8.82. The number of carbonyl (C=O) groups excluding carboxylic acids is 1. The molecule has 0 spiro atoms. The Bertz CT molecular complexity index is 950. The summed E-state index contributed by atoms with van der Waals surface area (Å²) in [4.78, 5) is 28.4. The fourth-order valence-electron chi connectivity index (χ4n) is 2.52. The van der Waals surface area contributed by atoms with Crippen LogP contribution in [-0.4, -0.2) is 22.0 Å². The first-order valence-electron chi connectivity index (χ1n) is 8.82. The number of nitrogens with zero attached hydrogens (tertiary/aromatic N) is 2. The van der Waals surface area contributed by atoms with Gasteiger partial charge < -0.3 is 10.1 Å². The van der Waals surface area contributed by atoms with Gasteiger partial charge in [-0.05, 0) is 42.8 Å². The molecular formula is C21H21N3O3. The van der Waals surface area contributed by atoms with Crippen molar-refractivity contribution >= 4 is 5.91 Å². The van der Waals surface area contributed by atoms with Crippen molar-refractivity contribution in [2.75, 3.05) is 6.54 Å². The highest BCUT2D eigenvalue weighted by Crippen LogP contribution is 2.21. The van der Waals surface area contributed by atoms with Crippen molar-refractivity contribution in [2.24, 2.45) is 0 Å². The number of hydrogen-bond acceptors (Lipinski definition) is 4. The Kier molecular flexibility index (Phi) is 5.99. The zero-order chi connectivity index (χ0) is 19.1. The summed E-state index contributed by atoms with van der Waals surface area (Å²) in [5.74, 6) is 1.20. The quantitative estimate of drug-likeness (QED) is 0.700. The maximum absolute atomic E-state index is 12.2. The van der Waals surface area contributed by atoms with Crippen molar-refractivity contribution in [2.45, 2.75) is 19.9 Å². The van der Waals surface area contributed by atoms with Crippen LogP contribution in [0.1, 0.15) is 23.0 Å². The summed E-state index contributed by atoms with van der Waals surface area (Å²) >= 11 is 0. The van der Waals surface area contributed by atoms with E-state index in [9.17, 15) is 9.59 Å². The molecule has 27 heavy (non-hydrogen) atoms. The summed E-state index contributed by atoms with van der Waals surface area (Å²) in [6, 6.07) is 17.9. The largest absolute Gasteiger partial charge is 0.457 e. The molecule has 6 nitrogen and oxygen atoms in total. The molecule has 1 heterocycles. The van der Waals surface area contributed by atoms with Crippen LogP contribution in [0.15, 0.2) is 71.8 Å². The standard InChI is InChI=1S/C21H21N3O3/c1-2-17-14-20(25)24(15-23-17)13-12-22-21(26)16-8-10-19(11-9-16)27-18-6-4-3-5-7-18/h3-11,14-15H,2,12-13H2,1H3,(H,22,26). The van der Waals surface area contributed by atoms with E-state index in [1.165, 1.54) is 17.0 Å². The molecule has 1 aromatic heterocycles. The van der Waals surface area contributed by atoms with E-state index in [0.717, 1.165) is 17.9 Å². The second-order valence-corrected chi connectivity index (χ2v) is 5.96. The van der Waals surface area contributed by atoms with Crippen LogP contribution in [0.5, 0.6) is 11.5 Å². The smallest absolute Gasteiger partial charge is 0.253 e. The molecule has 1 N–H and O–H groups in total. The second-order valence-electron chi connectivity index (χ2n) is 5.96. The first kappa shape index (κ1) is 18.4. The predicted octanol–water partition coefficient (Wildman–Crippen LogP) is 3.03. The van der Waals surface area contributed by atoms with E-state index in [-0.39, 0.29) is 11.5 Å². The maximum Gasteiger partial charge on any atom is 0.253 e. The topological polar surface area (TPSA) is 73.2 Å². The van der Waals surface area contributed by atoms with Crippen LogP contribution >= 0.6 is 0 Å². The lowest BCUT2D eigenvalue weighted by atomic mass is 10.2. The van der Waals surface area contributed by atoms with E-state index >= 15 is 0 Å². The molecule has 0 atom stereocenters. The van der Waals surface area contributed by atoms with E-state index in [1.54, 1.807) is 24.3 Å². The van der Waals surface area contributed by atoms with Gasteiger partial charge in [0.25, 0.3) is 11.5 Å². The minimum Gasteiger partial charge on any atom is -0.457 e. The predicted molar refractivity (Wildman–Crippen MR) is 103 cm³/mol. The molecule has 0 saturated carbocycles. The lowest BCUT2D eigenvalue weighted by Gasteiger charge is -2.09. The molecule has 1 amide bonds. The number of nitrogens with one attached hydrogen (secondary N) is 1. The highest BCUT2D eigenvalue weighted by atomic mass is 16.5. The third kappa shape index (κ3) is 5.04. The molecule has 0 radical (unpaired) electrons. The van der Waals surface area contributed by atoms with Gasteiger partial charge in [0.15, 0.2) is 0 Å². The zero-order valence-electron chi connectivity index (χ0n) is 15.1. The maximum atomic E-state index is 12.2. The number of ether oxygens (including phenoxy) is 1. The molecule has 0 aliphatic heterocycles. The molecule has 0 unspecified atom stereocenters. The van der Waals surface area contributed by atoms with Gasteiger partial charge in [-0.15, -0.1) is 0 Å². The van der Waals surface area contributed by atoms with Gasteiger partial charge in [0.1, 0.15) is 11.5 Å². The highest BCUT2D eigenvalue weighted by molar-refractivity contribution is 5.94. The average Bonchev–Trinajstić information content (AvgIpc) is 2.70. The van der Waals surface area contributed by atoms with E-state index in [0.29, 0.717) is 24.4 Å². The van der Waals surface area contributed by atoms with Gasteiger partial charge in [0.2, 0.25) is 0 Å². The number of amides is 1. The molecule has 138 valence electrons. The van der Waals surface area contributed by atoms with Crippen LogP contribution in [0, 0.1) is 0 Å². The molecule has 3 aromatic rings. The second kappa shape index (κ2) is 8.80. The summed E-state index contributed by atoms with van der Waals surface area (Å²) in [5.41, 5.74) is 1.18. The molecule has 0 bridgehead atoms. The molecule has 3 rings (SSSR count). The van der Waals surface area contributed by atoms with Crippen molar-refractivity contribution in [3.8, 4) is 11.5 Å². The Hall–Kier alpha value is -3.41. The van der Waals surface area contributed by atoms with Crippen molar-refractivity contribution < 1.29 is 9.53 Å². The van der Waals surface area contributed by atoms with E-state index in [4.69, 9.17) is 4.74 Å². The third-order valence-corrected chi connectivity index (χ3v) is 4.03. The number of aromatic nitrogens is 2. The number of rotatable bonds is 7. The molecule has 6 heteroatoms. The van der Waals surface area contributed by atoms with Crippen LogP contribution in [0.3, 0.4) is 0 Å². The summed E-state index contributed by atoms with van der Waals surface area (Å²) in [6.07, 6.45) is 2.24. The lowest BCUT2D eigenvalue weighted by molar-refractivity contribution is 0.0952. The number of aryl methyl sites for hydroxylation is 1. The van der Waals surface area contributed by atoms with Gasteiger partial charge in [-0.1, -0.05) is 25.1 Å². The fourth-order valence-corrected chi connectivity index (χ4v) is 2.52. The number of benzene rings is 2. The number of carbonyl (C=O) groups is 1. The van der Waals surface area contributed by atoms with Gasteiger partial charge in [0.05, 0.1) is 6.33 Å². The van der Waals surface area contributed by atoms with Gasteiger partial charge in [-0.3, -0.25) is 14.2 Å². The van der Waals surface area contributed by atoms with Crippen molar-refractivity contribution in [3.05, 3.63) is 88.6 Å². The molecule has 0 fully saturated rings. The number of para-hydroxylation sites is 1. The molecule has 0 aliphatic carbocycles.